The van der Waals surface area contributed by atoms with Gasteiger partial charge in [0.15, 0.2) is 6.10 Å². The summed E-state index contributed by atoms with van der Waals surface area (Å²) in [6, 6.07) is 8.88. The molecule has 34 heavy (non-hydrogen) atoms. The van der Waals surface area contributed by atoms with Crippen LogP contribution in [0.4, 0.5) is 5.69 Å². The molecule has 2 saturated heterocycles. The second-order valence-corrected chi connectivity index (χ2v) is 10.3. The first-order valence-corrected chi connectivity index (χ1v) is 12.1. The number of para-hydroxylation sites is 1. The minimum absolute atomic E-state index is 0.0356. The van der Waals surface area contributed by atoms with Gasteiger partial charge in [-0.15, -0.1) is 0 Å². The van der Waals surface area contributed by atoms with Gasteiger partial charge < -0.3 is 25.0 Å². The van der Waals surface area contributed by atoms with Gasteiger partial charge in [0.2, 0.25) is 0 Å². The fourth-order valence-electron chi connectivity index (χ4n) is 4.63. The van der Waals surface area contributed by atoms with Crippen LogP contribution in [0.5, 0.6) is 0 Å². The van der Waals surface area contributed by atoms with E-state index >= 15 is 0 Å². The van der Waals surface area contributed by atoms with E-state index in [1.165, 1.54) is 0 Å². The Kier molecular flexibility index (Phi) is 8.49. The summed E-state index contributed by atoms with van der Waals surface area (Å²) < 4.78 is 11.2. The lowest BCUT2D eigenvalue weighted by molar-refractivity contribution is -0.159. The minimum atomic E-state index is -1.33. The third-order valence-corrected chi connectivity index (χ3v) is 7.23. The number of benzene rings is 1. The van der Waals surface area contributed by atoms with Gasteiger partial charge in [0, 0.05) is 18.0 Å². The number of ether oxygens (including phenoxy) is 2. The molecule has 0 spiro atoms. The Bertz CT molecular complexity index is 871. The third-order valence-electron chi connectivity index (χ3n) is 7.23. The van der Waals surface area contributed by atoms with E-state index < -0.39 is 47.9 Å². The van der Waals surface area contributed by atoms with Crippen molar-refractivity contribution in [3.63, 3.8) is 0 Å². The molecule has 8 nitrogen and oxygen atoms in total. The summed E-state index contributed by atoms with van der Waals surface area (Å²) in [5, 5.41) is 24.2. The van der Waals surface area contributed by atoms with Gasteiger partial charge in [-0.05, 0) is 30.9 Å². The molecule has 1 aromatic carbocycles. The van der Waals surface area contributed by atoms with E-state index in [-0.39, 0.29) is 30.3 Å². The average molecular weight is 476 g/mol. The average Bonchev–Trinajstić information content (AvgIpc) is 3.54. The largest absolute Gasteiger partial charge is 0.452 e. The number of Topliss-reactive ketones (excluding diaryl/α,β-unsaturated/α-hetero) is 1. The van der Waals surface area contributed by atoms with E-state index in [1.54, 1.807) is 45.0 Å². The highest BCUT2D eigenvalue weighted by atomic mass is 16.6. The van der Waals surface area contributed by atoms with Crippen molar-refractivity contribution in [2.45, 2.75) is 90.3 Å². The number of hydrogen-bond acceptors (Lipinski definition) is 7. The van der Waals surface area contributed by atoms with Crippen LogP contribution in [0, 0.1) is 17.3 Å². The number of ketones is 1. The van der Waals surface area contributed by atoms with Gasteiger partial charge in [0.05, 0.1) is 36.3 Å². The first-order chi connectivity index (χ1) is 16.0. The number of esters is 1. The van der Waals surface area contributed by atoms with Crippen LogP contribution >= 0.6 is 0 Å². The van der Waals surface area contributed by atoms with Gasteiger partial charge in [-0.25, -0.2) is 0 Å². The summed E-state index contributed by atoms with van der Waals surface area (Å²) in [4.78, 5) is 38.7. The molecule has 0 aliphatic carbocycles. The quantitative estimate of drug-likeness (QED) is 0.444. The molecule has 0 bridgehead atoms. The molecule has 188 valence electrons. The number of carbonyl (C=O) groups is 3. The molecular formula is C26H37NO7. The summed E-state index contributed by atoms with van der Waals surface area (Å²) >= 11 is 0. The number of fused-ring (bicyclic) bond motifs is 1. The molecule has 1 aromatic rings. The first kappa shape index (κ1) is 26.3. The van der Waals surface area contributed by atoms with E-state index in [0.717, 1.165) is 19.3 Å². The fraction of sp³-hybridized carbons (Fsp3) is 0.654. The Labute approximate surface area is 201 Å². The molecule has 2 aliphatic rings. The van der Waals surface area contributed by atoms with E-state index in [9.17, 15) is 24.6 Å². The van der Waals surface area contributed by atoms with E-state index in [4.69, 9.17) is 9.47 Å². The number of rotatable bonds is 2. The molecule has 2 heterocycles. The number of carbonyl (C=O) groups excluding carboxylic acids is 3. The Morgan fingerprint density at radius 1 is 1.06 bits per heavy atom. The summed E-state index contributed by atoms with van der Waals surface area (Å²) in [5.41, 5.74) is -0.694. The molecule has 7 atom stereocenters. The third kappa shape index (κ3) is 6.43. The van der Waals surface area contributed by atoms with Crippen LogP contribution < -0.4 is 5.32 Å². The maximum atomic E-state index is 13.1. The molecule has 0 radical (unpaired) electrons. The van der Waals surface area contributed by atoms with Crippen LogP contribution in [-0.4, -0.2) is 58.4 Å². The van der Waals surface area contributed by atoms with E-state index in [0.29, 0.717) is 5.69 Å². The molecule has 8 heteroatoms. The van der Waals surface area contributed by atoms with Crippen LogP contribution in [0.25, 0.3) is 0 Å². The maximum Gasteiger partial charge on any atom is 0.309 e. The number of aliphatic hydroxyl groups excluding tert-OH is 2. The topological polar surface area (TPSA) is 125 Å². The normalized spacial score (nSPS) is 35.1. The maximum absolute atomic E-state index is 13.1. The molecule has 3 rings (SSSR count). The Balaban J connectivity index is 1.77. The smallest absolute Gasteiger partial charge is 0.309 e. The molecule has 0 aromatic heterocycles. The summed E-state index contributed by atoms with van der Waals surface area (Å²) in [6.45, 7) is 6.69. The molecule has 2 aliphatic heterocycles. The highest BCUT2D eigenvalue weighted by Crippen LogP contribution is 2.35. The molecule has 1 amide bonds. The first-order valence-electron chi connectivity index (χ1n) is 12.1. The number of cyclic esters (lactones) is 1. The number of hydrogen-bond donors (Lipinski definition) is 3. The minimum Gasteiger partial charge on any atom is -0.452 e. The van der Waals surface area contributed by atoms with Crippen molar-refractivity contribution in [2.75, 3.05) is 5.32 Å². The van der Waals surface area contributed by atoms with Crippen molar-refractivity contribution >= 4 is 23.3 Å². The zero-order valence-electron chi connectivity index (χ0n) is 20.4. The Morgan fingerprint density at radius 2 is 1.74 bits per heavy atom. The SMILES string of the molecule is C[C@H]1CCCC2O[C@H]2C[C@H](C(=O)Nc2ccccc2)OC(=O)C[C@H](O)C(C)(C)C(=O)[C@H](C)[C@H]1O. The van der Waals surface area contributed by atoms with E-state index in [2.05, 4.69) is 5.32 Å². The Hall–Kier alpha value is -2.29. The second-order valence-electron chi connectivity index (χ2n) is 10.3. The van der Waals surface area contributed by atoms with Gasteiger partial charge in [-0.1, -0.05) is 52.3 Å². The van der Waals surface area contributed by atoms with Crippen LogP contribution in [0.3, 0.4) is 0 Å². The van der Waals surface area contributed by atoms with Crippen molar-refractivity contribution in [2.24, 2.45) is 17.3 Å². The van der Waals surface area contributed by atoms with Gasteiger partial charge in [0.25, 0.3) is 5.91 Å². The number of nitrogens with one attached hydrogen (secondary N) is 1. The summed E-state index contributed by atoms with van der Waals surface area (Å²) in [6.07, 6.45) is -1.44. The van der Waals surface area contributed by atoms with Gasteiger partial charge in [-0.2, -0.15) is 0 Å². The number of aliphatic hydroxyl groups is 2. The molecular weight excluding hydrogens is 438 g/mol. The second kappa shape index (κ2) is 11.0. The zero-order valence-corrected chi connectivity index (χ0v) is 20.4. The van der Waals surface area contributed by atoms with Crippen molar-refractivity contribution in [3.05, 3.63) is 30.3 Å². The lowest BCUT2D eigenvalue weighted by Gasteiger charge is -2.34. The van der Waals surface area contributed by atoms with Crippen LogP contribution in [0.15, 0.2) is 30.3 Å². The number of anilines is 1. The standard InChI is InChI=1S/C26H37NO7/c1-15-9-8-12-18-19(33-18)13-20(25(32)27-17-10-6-5-7-11-17)34-22(29)14-21(28)26(3,4)24(31)16(2)23(15)30/h5-7,10-11,15-16,18-21,23,28,30H,8-9,12-14H2,1-4H3,(H,27,32)/t15-,16+,18?,19-,20+,21-,23-/m0/s1. The van der Waals surface area contributed by atoms with Crippen molar-refractivity contribution < 1.29 is 34.1 Å². The highest BCUT2D eigenvalue weighted by Gasteiger charge is 2.45. The lowest BCUT2D eigenvalue weighted by Crippen LogP contribution is -2.46. The summed E-state index contributed by atoms with van der Waals surface area (Å²) in [7, 11) is 0. The van der Waals surface area contributed by atoms with Crippen LogP contribution in [-0.2, 0) is 23.9 Å². The predicted octanol–water partition coefficient (Wildman–Crippen LogP) is 2.86. The Morgan fingerprint density at radius 3 is 2.41 bits per heavy atom. The molecule has 0 saturated carbocycles. The number of amides is 1. The fourth-order valence-corrected chi connectivity index (χ4v) is 4.63. The predicted molar refractivity (Wildman–Crippen MR) is 126 cm³/mol. The number of epoxide rings is 1. The van der Waals surface area contributed by atoms with Crippen molar-refractivity contribution in [3.8, 4) is 0 Å². The van der Waals surface area contributed by atoms with Gasteiger partial charge in [-0.3, -0.25) is 14.4 Å². The molecule has 1 unspecified atom stereocenters. The van der Waals surface area contributed by atoms with Gasteiger partial charge in [0.1, 0.15) is 5.78 Å². The van der Waals surface area contributed by atoms with Gasteiger partial charge >= 0.3 is 5.97 Å². The van der Waals surface area contributed by atoms with Crippen molar-refractivity contribution in [1.82, 2.24) is 0 Å². The van der Waals surface area contributed by atoms with Crippen LogP contribution in [0.2, 0.25) is 0 Å². The highest BCUT2D eigenvalue weighted by molar-refractivity contribution is 5.95. The van der Waals surface area contributed by atoms with E-state index in [1.807, 2.05) is 13.0 Å². The van der Waals surface area contributed by atoms with Crippen LogP contribution in [0.1, 0.15) is 59.8 Å². The molecule has 2 fully saturated rings. The summed E-state index contributed by atoms with van der Waals surface area (Å²) in [5.74, 6) is -2.36. The van der Waals surface area contributed by atoms with Crippen molar-refractivity contribution in [1.29, 1.82) is 0 Å². The monoisotopic (exact) mass is 475 g/mol. The lowest BCUT2D eigenvalue weighted by atomic mass is 9.73. The molecule has 3 N–H and O–H groups in total. The zero-order chi connectivity index (χ0) is 25.0.